The minimum absolute atomic E-state index is 0.470. The third kappa shape index (κ3) is 8.05. The number of hydrogen-bond acceptors (Lipinski definition) is 6. The molecule has 4 bridgehead atoms. The average Bonchev–Trinajstić information content (AvgIpc) is 2.96. The minimum Gasteiger partial charge on any atom is -0.491 e. The van der Waals surface area contributed by atoms with E-state index in [1.54, 1.807) is 0 Å². The summed E-state index contributed by atoms with van der Waals surface area (Å²) in [4.78, 5) is 0. The highest BCUT2D eigenvalue weighted by molar-refractivity contribution is 5.90. The first kappa shape index (κ1) is 28.1. The maximum atomic E-state index is 6.18. The van der Waals surface area contributed by atoms with Gasteiger partial charge >= 0.3 is 0 Å². The molecule has 0 amide bonds. The van der Waals surface area contributed by atoms with Gasteiger partial charge in [-0.2, -0.15) is 0 Å². The predicted molar refractivity (Wildman–Crippen MR) is 159 cm³/mol. The van der Waals surface area contributed by atoms with Crippen LogP contribution in [-0.2, 0) is 31.8 Å². The van der Waals surface area contributed by atoms with Crippen LogP contribution in [0.1, 0.15) is 11.1 Å². The molecule has 0 saturated carbocycles. The predicted octanol–water partition coefficient (Wildman–Crippen LogP) is 6.17. The van der Waals surface area contributed by atoms with E-state index in [9.17, 15) is 0 Å². The van der Waals surface area contributed by atoms with Crippen LogP contribution in [0.2, 0.25) is 0 Å². The van der Waals surface area contributed by atoms with Crippen LogP contribution >= 0.6 is 0 Å². The fraction of sp³-hybridized carbons (Fsp3) is 0.353. The molecule has 1 heterocycles. The molecule has 0 aliphatic carbocycles. The quantitative estimate of drug-likeness (QED) is 0.248. The maximum absolute atomic E-state index is 6.18. The van der Waals surface area contributed by atoms with Crippen molar-refractivity contribution in [2.24, 2.45) is 0 Å². The molecule has 5 rings (SSSR count). The molecule has 1 aliphatic rings. The van der Waals surface area contributed by atoms with Crippen LogP contribution in [0.15, 0.2) is 84.9 Å². The number of benzene rings is 4. The van der Waals surface area contributed by atoms with Gasteiger partial charge in [-0.15, -0.1) is 0 Å². The average molecular weight is 543 g/mol. The maximum Gasteiger partial charge on any atom is 0.127 e. The first-order valence-corrected chi connectivity index (χ1v) is 14.0. The third-order valence-electron chi connectivity index (χ3n) is 6.76. The van der Waals surface area contributed by atoms with Crippen molar-refractivity contribution in [2.45, 2.75) is 12.8 Å². The monoisotopic (exact) mass is 542 g/mol. The van der Waals surface area contributed by atoms with Crippen molar-refractivity contribution in [3.05, 3.63) is 96.1 Å². The molecule has 0 fully saturated rings. The lowest BCUT2D eigenvalue weighted by atomic mass is 9.96. The summed E-state index contributed by atoms with van der Waals surface area (Å²) in [5.74, 6) is 1.74. The normalized spacial score (nSPS) is 17.4. The molecule has 40 heavy (non-hydrogen) atoms. The summed E-state index contributed by atoms with van der Waals surface area (Å²) in [6.45, 7) is 9.49. The van der Waals surface area contributed by atoms with Gasteiger partial charge in [-0.1, -0.05) is 72.8 Å². The standard InChI is InChI=1S/C34H38O6/c1-26-20-27-22-29-6-2-4-8-31(29)33(24-27)39-18-16-37-14-12-35-10-11-36-13-15-38-17-19-40-34-25-28(21-26)23-30-7-3-5-9-32(30)34/h2-9,22-25H,1,10-21H2. The number of allylic oxidation sites excluding steroid dienone is 1. The molecule has 6 nitrogen and oxygen atoms in total. The van der Waals surface area contributed by atoms with E-state index in [0.717, 1.165) is 51.5 Å². The Morgan fingerprint density at radius 2 is 0.825 bits per heavy atom. The Labute approximate surface area is 236 Å². The topological polar surface area (TPSA) is 55.4 Å². The van der Waals surface area contributed by atoms with E-state index in [4.69, 9.17) is 28.4 Å². The fourth-order valence-electron chi connectivity index (χ4n) is 4.94. The van der Waals surface area contributed by atoms with Crippen molar-refractivity contribution < 1.29 is 28.4 Å². The van der Waals surface area contributed by atoms with E-state index in [1.165, 1.54) is 11.1 Å². The Hall–Kier alpha value is -3.42. The van der Waals surface area contributed by atoms with Crippen LogP contribution in [0.5, 0.6) is 11.5 Å². The molecular formula is C34H38O6. The smallest absolute Gasteiger partial charge is 0.127 e. The van der Waals surface area contributed by atoms with Gasteiger partial charge in [0.05, 0.1) is 52.9 Å². The number of ether oxygens (including phenoxy) is 6. The van der Waals surface area contributed by atoms with Gasteiger partial charge in [0.1, 0.15) is 24.7 Å². The van der Waals surface area contributed by atoms with E-state index in [2.05, 4.69) is 67.2 Å². The summed E-state index contributed by atoms with van der Waals surface area (Å²) in [5.41, 5.74) is 3.48. The molecule has 0 unspecified atom stereocenters. The van der Waals surface area contributed by atoms with E-state index < -0.39 is 0 Å². The van der Waals surface area contributed by atoms with Gasteiger partial charge < -0.3 is 28.4 Å². The van der Waals surface area contributed by atoms with Gasteiger partial charge in [-0.05, 0) is 46.9 Å². The van der Waals surface area contributed by atoms with Crippen molar-refractivity contribution in [1.82, 2.24) is 0 Å². The van der Waals surface area contributed by atoms with Crippen molar-refractivity contribution >= 4 is 21.5 Å². The molecule has 4 aromatic rings. The van der Waals surface area contributed by atoms with Gasteiger partial charge in [0.2, 0.25) is 0 Å². The molecule has 4 aromatic carbocycles. The number of fused-ring (bicyclic) bond motifs is 8. The molecule has 0 aromatic heterocycles. The zero-order valence-electron chi connectivity index (χ0n) is 23.1. The molecular weight excluding hydrogens is 504 g/mol. The molecule has 0 N–H and O–H groups in total. The zero-order chi connectivity index (χ0) is 27.4. The van der Waals surface area contributed by atoms with Crippen LogP contribution in [0.25, 0.3) is 21.5 Å². The highest BCUT2D eigenvalue weighted by Gasteiger charge is 2.10. The van der Waals surface area contributed by atoms with Crippen LogP contribution in [-0.4, -0.2) is 66.1 Å². The van der Waals surface area contributed by atoms with Crippen LogP contribution in [0.4, 0.5) is 0 Å². The highest BCUT2D eigenvalue weighted by Crippen LogP contribution is 2.31. The molecule has 0 saturated heterocycles. The second-order valence-corrected chi connectivity index (χ2v) is 9.88. The first-order chi connectivity index (χ1) is 19.8. The molecule has 6 heteroatoms. The Kier molecular flexibility index (Phi) is 10.4. The summed E-state index contributed by atoms with van der Waals surface area (Å²) >= 11 is 0. The summed E-state index contributed by atoms with van der Waals surface area (Å²) in [7, 11) is 0. The second-order valence-electron chi connectivity index (χ2n) is 9.88. The van der Waals surface area contributed by atoms with E-state index in [0.29, 0.717) is 66.1 Å². The number of rotatable bonds is 0. The summed E-state index contributed by atoms with van der Waals surface area (Å²) in [6.07, 6.45) is 1.52. The molecule has 1 aliphatic heterocycles. The van der Waals surface area contributed by atoms with E-state index >= 15 is 0 Å². The Morgan fingerprint density at radius 1 is 0.450 bits per heavy atom. The van der Waals surface area contributed by atoms with Gasteiger partial charge in [-0.3, -0.25) is 0 Å². The lowest BCUT2D eigenvalue weighted by Gasteiger charge is -2.15. The second kappa shape index (κ2) is 14.8. The number of hydrogen-bond donors (Lipinski definition) is 0. The van der Waals surface area contributed by atoms with Crippen molar-refractivity contribution in [3.63, 3.8) is 0 Å². The molecule has 210 valence electrons. The molecule has 0 radical (unpaired) electrons. The summed E-state index contributed by atoms with van der Waals surface area (Å²) in [5, 5.41) is 4.50. The van der Waals surface area contributed by atoms with Crippen molar-refractivity contribution in [3.8, 4) is 11.5 Å². The highest BCUT2D eigenvalue weighted by atomic mass is 16.6. The molecule has 0 spiro atoms. The van der Waals surface area contributed by atoms with Crippen molar-refractivity contribution in [2.75, 3.05) is 66.1 Å². The van der Waals surface area contributed by atoms with Crippen LogP contribution in [0, 0.1) is 0 Å². The Balaban J connectivity index is 1.34. The fourth-order valence-corrected chi connectivity index (χ4v) is 4.94. The van der Waals surface area contributed by atoms with Crippen LogP contribution < -0.4 is 9.47 Å². The SMILES string of the molecule is C=C1Cc2cc(c3ccccc3c2)OCCOCCOCCOCCOCCOc2cc(cc3ccccc23)C1. The summed E-state index contributed by atoms with van der Waals surface area (Å²) in [6, 6.07) is 25.4. The van der Waals surface area contributed by atoms with Crippen molar-refractivity contribution in [1.29, 1.82) is 0 Å². The van der Waals surface area contributed by atoms with Gasteiger partial charge in [0.25, 0.3) is 0 Å². The first-order valence-electron chi connectivity index (χ1n) is 14.0. The van der Waals surface area contributed by atoms with E-state index in [-0.39, 0.29) is 0 Å². The molecule has 0 atom stereocenters. The van der Waals surface area contributed by atoms with Gasteiger partial charge in [0, 0.05) is 10.8 Å². The summed E-state index contributed by atoms with van der Waals surface area (Å²) < 4.78 is 34.9. The lowest BCUT2D eigenvalue weighted by molar-refractivity contribution is -0.00691. The minimum atomic E-state index is 0.470. The van der Waals surface area contributed by atoms with Gasteiger partial charge in [-0.25, -0.2) is 0 Å². The van der Waals surface area contributed by atoms with E-state index in [1.807, 2.05) is 12.1 Å². The zero-order valence-corrected chi connectivity index (χ0v) is 23.1. The largest absolute Gasteiger partial charge is 0.491 e. The van der Waals surface area contributed by atoms with Gasteiger partial charge in [0.15, 0.2) is 0 Å². The van der Waals surface area contributed by atoms with Crippen LogP contribution in [0.3, 0.4) is 0 Å². The Bertz CT molecular complexity index is 1290. The lowest BCUT2D eigenvalue weighted by Crippen LogP contribution is -2.14. The third-order valence-corrected chi connectivity index (χ3v) is 6.76. The Morgan fingerprint density at radius 3 is 1.25 bits per heavy atom.